The van der Waals surface area contributed by atoms with Crippen molar-refractivity contribution in [2.45, 2.75) is 13.5 Å². The van der Waals surface area contributed by atoms with Gasteiger partial charge in [-0.25, -0.2) is 0 Å². The summed E-state index contributed by atoms with van der Waals surface area (Å²) in [4.78, 5) is 12.6. The molecule has 0 bridgehead atoms. The predicted octanol–water partition coefficient (Wildman–Crippen LogP) is 4.40. The van der Waals surface area contributed by atoms with E-state index in [1.54, 1.807) is 12.1 Å². The van der Waals surface area contributed by atoms with E-state index >= 15 is 0 Å². The van der Waals surface area contributed by atoms with Gasteiger partial charge in [0.05, 0.1) is 20.8 Å². The van der Waals surface area contributed by atoms with Crippen LogP contribution in [0, 0.1) is 6.92 Å². The molecule has 6 nitrogen and oxygen atoms in total. The van der Waals surface area contributed by atoms with E-state index in [1.807, 2.05) is 61.5 Å². The smallest absolute Gasteiger partial charge is 0.251 e. The van der Waals surface area contributed by atoms with E-state index in [9.17, 15) is 4.79 Å². The van der Waals surface area contributed by atoms with Crippen LogP contribution in [0.5, 0.6) is 23.0 Å². The highest BCUT2D eigenvalue weighted by Crippen LogP contribution is 2.39. The monoisotopic (exact) mass is 421 g/mol. The number of methoxy groups -OCH3 is 2. The minimum absolute atomic E-state index is 0.251. The Kier molecular flexibility index (Phi) is 7.76. The van der Waals surface area contributed by atoms with Crippen LogP contribution < -0.4 is 24.3 Å². The Labute approximate surface area is 182 Å². The number of ether oxygens (including phenoxy) is 4. The van der Waals surface area contributed by atoms with Crippen LogP contribution in [0.1, 0.15) is 21.5 Å². The summed E-state index contributed by atoms with van der Waals surface area (Å²) in [5, 5.41) is 2.85. The third kappa shape index (κ3) is 6.15. The molecule has 0 saturated heterocycles. The maximum Gasteiger partial charge on any atom is 0.251 e. The first-order valence-corrected chi connectivity index (χ1v) is 10.0. The Morgan fingerprint density at radius 2 is 1.58 bits per heavy atom. The second kappa shape index (κ2) is 10.9. The maximum absolute atomic E-state index is 12.6. The van der Waals surface area contributed by atoms with Crippen LogP contribution in [-0.4, -0.2) is 33.3 Å². The lowest BCUT2D eigenvalue weighted by Gasteiger charge is -2.16. The van der Waals surface area contributed by atoms with Crippen molar-refractivity contribution in [3.05, 3.63) is 83.4 Å². The van der Waals surface area contributed by atoms with Gasteiger partial charge >= 0.3 is 0 Å². The topological polar surface area (TPSA) is 66.0 Å². The van der Waals surface area contributed by atoms with E-state index in [1.165, 1.54) is 14.2 Å². The fraction of sp³-hybridized carbons (Fsp3) is 0.240. The Morgan fingerprint density at radius 3 is 2.23 bits per heavy atom. The summed E-state index contributed by atoms with van der Waals surface area (Å²) >= 11 is 0. The van der Waals surface area contributed by atoms with E-state index in [4.69, 9.17) is 18.9 Å². The highest BCUT2D eigenvalue weighted by atomic mass is 16.5. The molecule has 0 spiro atoms. The zero-order valence-corrected chi connectivity index (χ0v) is 18.0. The highest BCUT2D eigenvalue weighted by molar-refractivity contribution is 5.95. The van der Waals surface area contributed by atoms with E-state index in [-0.39, 0.29) is 5.91 Å². The molecule has 162 valence electrons. The van der Waals surface area contributed by atoms with Gasteiger partial charge in [-0.1, -0.05) is 42.5 Å². The summed E-state index contributed by atoms with van der Waals surface area (Å²) in [5.74, 6) is 1.83. The molecule has 0 aliphatic heterocycles. The molecular formula is C25H27NO5. The summed E-state index contributed by atoms with van der Waals surface area (Å²) in [7, 11) is 3.06. The molecule has 0 heterocycles. The molecule has 0 aliphatic rings. The lowest BCUT2D eigenvalue weighted by atomic mass is 10.1. The van der Waals surface area contributed by atoms with Gasteiger partial charge in [0.15, 0.2) is 11.5 Å². The van der Waals surface area contributed by atoms with Crippen LogP contribution in [0.3, 0.4) is 0 Å². The fourth-order valence-corrected chi connectivity index (χ4v) is 3.02. The second-order valence-corrected chi connectivity index (χ2v) is 6.91. The summed E-state index contributed by atoms with van der Waals surface area (Å²) in [6.45, 7) is 3.09. The summed E-state index contributed by atoms with van der Waals surface area (Å²) in [5.41, 5.74) is 2.55. The van der Waals surface area contributed by atoms with Crippen molar-refractivity contribution in [2.75, 3.05) is 27.4 Å². The van der Waals surface area contributed by atoms with Crippen molar-refractivity contribution in [3.63, 3.8) is 0 Å². The largest absolute Gasteiger partial charge is 0.493 e. The normalized spacial score (nSPS) is 10.3. The lowest BCUT2D eigenvalue weighted by molar-refractivity contribution is 0.0946. The standard InChI is InChI=1S/C25H27NO5/c1-18-8-7-11-21(14-18)30-13-12-26-25(27)20-15-22(28-2)24(23(16-20)29-3)31-17-19-9-5-4-6-10-19/h4-11,14-16H,12-13,17H2,1-3H3,(H,26,27). The van der Waals surface area contributed by atoms with Gasteiger partial charge in [0.1, 0.15) is 19.0 Å². The van der Waals surface area contributed by atoms with Gasteiger partial charge in [-0.3, -0.25) is 4.79 Å². The Bertz CT molecular complexity index is 979. The van der Waals surface area contributed by atoms with Crippen molar-refractivity contribution in [1.29, 1.82) is 0 Å². The van der Waals surface area contributed by atoms with Crippen molar-refractivity contribution < 1.29 is 23.7 Å². The number of rotatable bonds is 10. The van der Waals surface area contributed by atoms with Gasteiger partial charge in [0.25, 0.3) is 5.91 Å². The first-order chi connectivity index (χ1) is 15.1. The predicted molar refractivity (Wildman–Crippen MR) is 119 cm³/mol. The third-order valence-corrected chi connectivity index (χ3v) is 4.59. The van der Waals surface area contributed by atoms with Crippen molar-refractivity contribution in [1.82, 2.24) is 5.32 Å². The number of carbonyl (C=O) groups is 1. The fourth-order valence-electron chi connectivity index (χ4n) is 3.02. The molecular weight excluding hydrogens is 394 g/mol. The Balaban J connectivity index is 1.63. The molecule has 1 N–H and O–H groups in total. The summed E-state index contributed by atoms with van der Waals surface area (Å²) in [6, 6.07) is 20.8. The Morgan fingerprint density at radius 1 is 0.871 bits per heavy atom. The molecule has 0 fully saturated rings. The number of aryl methyl sites for hydroxylation is 1. The van der Waals surface area contributed by atoms with Crippen LogP contribution >= 0.6 is 0 Å². The molecule has 1 amide bonds. The van der Waals surface area contributed by atoms with E-state index < -0.39 is 0 Å². The summed E-state index contributed by atoms with van der Waals surface area (Å²) < 4.78 is 22.5. The zero-order valence-electron chi connectivity index (χ0n) is 18.0. The highest BCUT2D eigenvalue weighted by Gasteiger charge is 2.18. The SMILES string of the molecule is COc1cc(C(=O)NCCOc2cccc(C)c2)cc(OC)c1OCc1ccccc1. The lowest BCUT2D eigenvalue weighted by Crippen LogP contribution is -2.28. The molecule has 3 aromatic rings. The van der Waals surface area contributed by atoms with Gasteiger partial charge < -0.3 is 24.3 Å². The molecule has 6 heteroatoms. The number of hydrogen-bond donors (Lipinski definition) is 1. The number of amides is 1. The van der Waals surface area contributed by atoms with Crippen molar-refractivity contribution >= 4 is 5.91 Å². The van der Waals surface area contributed by atoms with Gasteiger partial charge in [-0.2, -0.15) is 0 Å². The quantitative estimate of drug-likeness (QED) is 0.492. The van der Waals surface area contributed by atoms with E-state index in [0.29, 0.717) is 42.6 Å². The minimum atomic E-state index is -0.251. The first kappa shape index (κ1) is 22.0. The molecule has 0 saturated carbocycles. The van der Waals surface area contributed by atoms with Crippen molar-refractivity contribution in [3.8, 4) is 23.0 Å². The average Bonchev–Trinajstić information content (AvgIpc) is 2.80. The van der Waals surface area contributed by atoms with Gasteiger partial charge in [-0.05, 0) is 42.3 Å². The van der Waals surface area contributed by atoms with E-state index in [2.05, 4.69) is 5.32 Å². The molecule has 0 unspecified atom stereocenters. The molecule has 0 aromatic heterocycles. The Hall–Kier alpha value is -3.67. The maximum atomic E-state index is 12.6. The average molecular weight is 421 g/mol. The summed E-state index contributed by atoms with van der Waals surface area (Å²) in [6.07, 6.45) is 0. The van der Waals surface area contributed by atoms with Crippen LogP contribution in [-0.2, 0) is 6.61 Å². The third-order valence-electron chi connectivity index (χ3n) is 4.59. The van der Waals surface area contributed by atoms with E-state index in [0.717, 1.165) is 16.9 Å². The zero-order chi connectivity index (χ0) is 22.1. The van der Waals surface area contributed by atoms with Crippen LogP contribution in [0.15, 0.2) is 66.7 Å². The molecule has 3 rings (SSSR count). The van der Waals surface area contributed by atoms with Gasteiger partial charge in [0, 0.05) is 5.56 Å². The van der Waals surface area contributed by atoms with Crippen LogP contribution in [0.4, 0.5) is 0 Å². The minimum Gasteiger partial charge on any atom is -0.493 e. The molecule has 0 radical (unpaired) electrons. The van der Waals surface area contributed by atoms with Crippen LogP contribution in [0.25, 0.3) is 0 Å². The molecule has 0 aliphatic carbocycles. The number of nitrogens with one attached hydrogen (secondary N) is 1. The van der Waals surface area contributed by atoms with Crippen molar-refractivity contribution in [2.24, 2.45) is 0 Å². The molecule has 3 aromatic carbocycles. The first-order valence-electron chi connectivity index (χ1n) is 10.0. The van der Waals surface area contributed by atoms with Gasteiger partial charge in [-0.15, -0.1) is 0 Å². The molecule has 0 atom stereocenters. The number of carbonyl (C=O) groups excluding carboxylic acids is 1. The number of hydrogen-bond acceptors (Lipinski definition) is 5. The van der Waals surface area contributed by atoms with Crippen LogP contribution in [0.2, 0.25) is 0 Å². The van der Waals surface area contributed by atoms with Gasteiger partial charge in [0.2, 0.25) is 5.75 Å². The molecule has 31 heavy (non-hydrogen) atoms. The number of benzene rings is 3. The second-order valence-electron chi connectivity index (χ2n) is 6.91.